The molecule has 0 radical (unpaired) electrons. The minimum atomic E-state index is -3.87. The number of carbonyl (C=O) groups excluding carboxylic acids is 4. The van der Waals surface area contributed by atoms with Gasteiger partial charge in [0.25, 0.3) is 5.91 Å². The number of benzene rings is 1. The fourth-order valence-electron chi connectivity index (χ4n) is 5.40. The molecule has 1 saturated heterocycles. The number of rotatable bonds is 7. The summed E-state index contributed by atoms with van der Waals surface area (Å²) in [5.41, 5.74) is -1.36. The Hall–Kier alpha value is -3.68. The van der Waals surface area contributed by atoms with E-state index in [1.54, 1.807) is 32.9 Å². The maximum Gasteiger partial charge on any atom is 0.411 e. The predicted molar refractivity (Wildman–Crippen MR) is 147 cm³/mol. The molecule has 4 atom stereocenters. The molecule has 0 aromatic heterocycles. The van der Waals surface area contributed by atoms with Crippen molar-refractivity contribution in [3.8, 4) is 0 Å². The minimum absolute atomic E-state index is 0.0254. The predicted octanol–water partition coefficient (Wildman–Crippen LogP) is 2.33. The molecule has 5 rings (SSSR count). The van der Waals surface area contributed by atoms with Crippen molar-refractivity contribution in [2.45, 2.75) is 88.1 Å². The summed E-state index contributed by atoms with van der Waals surface area (Å²) in [4.78, 5) is 55.3. The zero-order chi connectivity index (χ0) is 30.6. The lowest BCUT2D eigenvalue weighted by Crippen LogP contribution is -2.56. The molecule has 4 aliphatic rings. The highest BCUT2D eigenvalue weighted by atomic mass is 32.2. The highest BCUT2D eigenvalue weighted by molar-refractivity contribution is 7.91. The van der Waals surface area contributed by atoms with E-state index in [1.807, 2.05) is 0 Å². The number of halogens is 1. The summed E-state index contributed by atoms with van der Waals surface area (Å²) in [5, 5.41) is 2.02. The Labute approximate surface area is 243 Å². The SMILES string of the molecule is C=C[C@@H]1C[C@]1(NC(=O)[C@@H]1C[C@@H](OC(=O)N2Cc3cccc(F)c3C2)CN1C(=O)OC(C)(C)C)C(=O)NS(=O)(=O)C1CC1. The van der Waals surface area contributed by atoms with Crippen LogP contribution in [0.15, 0.2) is 30.9 Å². The monoisotopic (exact) mass is 606 g/mol. The molecule has 3 fully saturated rings. The van der Waals surface area contributed by atoms with E-state index in [4.69, 9.17) is 9.47 Å². The molecule has 1 aromatic rings. The van der Waals surface area contributed by atoms with Gasteiger partial charge in [-0.05, 0) is 51.7 Å². The van der Waals surface area contributed by atoms with Crippen molar-refractivity contribution >= 4 is 34.0 Å². The second-order valence-corrected chi connectivity index (χ2v) is 14.3. The molecule has 2 saturated carbocycles. The largest absolute Gasteiger partial charge is 0.444 e. The lowest BCUT2D eigenvalue weighted by molar-refractivity contribution is -0.131. The van der Waals surface area contributed by atoms with Gasteiger partial charge in [-0.3, -0.25) is 24.1 Å². The van der Waals surface area contributed by atoms with E-state index in [1.165, 1.54) is 17.0 Å². The number of likely N-dealkylation sites (tertiary alicyclic amines) is 1. The van der Waals surface area contributed by atoms with Crippen LogP contribution in [0.2, 0.25) is 0 Å². The molecule has 4 amide bonds. The summed E-state index contributed by atoms with van der Waals surface area (Å²) in [5.74, 6) is -2.52. The van der Waals surface area contributed by atoms with E-state index < -0.39 is 74.3 Å². The number of nitrogens with zero attached hydrogens (tertiary/aromatic N) is 2. The average molecular weight is 607 g/mol. The average Bonchev–Trinajstić information content (AvgIpc) is 3.78. The van der Waals surface area contributed by atoms with Crippen molar-refractivity contribution in [2.24, 2.45) is 5.92 Å². The van der Waals surface area contributed by atoms with Gasteiger partial charge in [0.15, 0.2) is 0 Å². The molecule has 1 aromatic carbocycles. The van der Waals surface area contributed by atoms with Crippen LogP contribution in [0.5, 0.6) is 0 Å². The Bertz CT molecular complexity index is 1440. The summed E-state index contributed by atoms with van der Waals surface area (Å²) >= 11 is 0. The van der Waals surface area contributed by atoms with Crippen molar-refractivity contribution in [2.75, 3.05) is 6.54 Å². The maximum absolute atomic E-state index is 14.2. The van der Waals surface area contributed by atoms with Crippen molar-refractivity contribution in [1.82, 2.24) is 19.8 Å². The lowest BCUT2D eigenvalue weighted by Gasteiger charge is -2.29. The third-order valence-corrected chi connectivity index (χ3v) is 9.71. The first-order chi connectivity index (χ1) is 19.6. The number of ether oxygens (including phenoxy) is 2. The first kappa shape index (κ1) is 29.8. The van der Waals surface area contributed by atoms with Crippen molar-refractivity contribution in [3.63, 3.8) is 0 Å². The molecule has 42 heavy (non-hydrogen) atoms. The maximum atomic E-state index is 14.2. The quantitative estimate of drug-likeness (QED) is 0.449. The highest BCUT2D eigenvalue weighted by Gasteiger charge is 2.62. The summed E-state index contributed by atoms with van der Waals surface area (Å²) in [6, 6.07) is 3.43. The number of nitrogens with one attached hydrogen (secondary N) is 2. The second kappa shape index (κ2) is 10.5. The van der Waals surface area contributed by atoms with Crippen LogP contribution in [0.1, 0.15) is 57.6 Å². The second-order valence-electron chi connectivity index (χ2n) is 12.3. The zero-order valence-electron chi connectivity index (χ0n) is 23.7. The van der Waals surface area contributed by atoms with E-state index >= 15 is 0 Å². The molecule has 2 aliphatic heterocycles. The highest BCUT2D eigenvalue weighted by Crippen LogP contribution is 2.45. The number of carbonyl (C=O) groups is 4. The summed E-state index contributed by atoms with van der Waals surface area (Å²) in [7, 11) is -3.87. The van der Waals surface area contributed by atoms with Gasteiger partial charge in [0, 0.05) is 24.4 Å². The van der Waals surface area contributed by atoms with E-state index in [0.717, 1.165) is 4.90 Å². The minimum Gasteiger partial charge on any atom is -0.444 e. The fraction of sp³-hybridized carbons (Fsp3) is 0.571. The van der Waals surface area contributed by atoms with Gasteiger partial charge >= 0.3 is 12.2 Å². The van der Waals surface area contributed by atoms with Crippen LogP contribution in [-0.4, -0.2) is 77.3 Å². The Morgan fingerprint density at radius 3 is 2.45 bits per heavy atom. The van der Waals surface area contributed by atoms with Crippen molar-refractivity contribution < 1.29 is 41.5 Å². The number of hydrogen-bond donors (Lipinski definition) is 2. The molecule has 14 heteroatoms. The van der Waals surface area contributed by atoms with E-state index in [0.29, 0.717) is 24.0 Å². The van der Waals surface area contributed by atoms with Crippen LogP contribution in [0.25, 0.3) is 0 Å². The first-order valence-corrected chi connectivity index (χ1v) is 15.4. The van der Waals surface area contributed by atoms with Gasteiger partial charge in [-0.15, -0.1) is 6.58 Å². The Morgan fingerprint density at radius 2 is 1.86 bits per heavy atom. The molecular formula is C28H35FN4O8S. The molecule has 0 unspecified atom stereocenters. The molecule has 0 spiro atoms. The first-order valence-electron chi connectivity index (χ1n) is 13.9. The van der Waals surface area contributed by atoms with E-state index in [2.05, 4.69) is 16.6 Å². The fourth-order valence-corrected chi connectivity index (χ4v) is 6.76. The van der Waals surface area contributed by atoms with E-state index in [-0.39, 0.29) is 32.5 Å². The van der Waals surface area contributed by atoms with Crippen LogP contribution < -0.4 is 10.0 Å². The zero-order valence-corrected chi connectivity index (χ0v) is 24.5. The lowest BCUT2D eigenvalue weighted by atomic mass is 10.1. The molecule has 2 heterocycles. The number of fused-ring (bicyclic) bond motifs is 1. The molecular weight excluding hydrogens is 571 g/mol. The van der Waals surface area contributed by atoms with Gasteiger partial charge in [0.1, 0.15) is 29.1 Å². The summed E-state index contributed by atoms with van der Waals surface area (Å²) < 4.78 is 52.2. The van der Waals surface area contributed by atoms with Gasteiger partial charge in [0.2, 0.25) is 15.9 Å². The summed E-state index contributed by atoms with van der Waals surface area (Å²) in [6.07, 6.45) is -0.0229. The molecule has 12 nitrogen and oxygen atoms in total. The topological polar surface area (TPSA) is 151 Å². The Kier molecular flexibility index (Phi) is 7.48. The Morgan fingerprint density at radius 1 is 1.14 bits per heavy atom. The van der Waals surface area contributed by atoms with Gasteiger partial charge in [-0.25, -0.2) is 22.4 Å². The van der Waals surface area contributed by atoms with Crippen LogP contribution in [0.4, 0.5) is 14.0 Å². The molecule has 228 valence electrons. The van der Waals surface area contributed by atoms with E-state index in [9.17, 15) is 32.0 Å². The van der Waals surface area contributed by atoms with Crippen LogP contribution in [0, 0.1) is 11.7 Å². The van der Waals surface area contributed by atoms with Gasteiger partial charge < -0.3 is 14.8 Å². The van der Waals surface area contributed by atoms with Crippen LogP contribution in [0.3, 0.4) is 0 Å². The van der Waals surface area contributed by atoms with Crippen molar-refractivity contribution in [1.29, 1.82) is 0 Å². The van der Waals surface area contributed by atoms with Gasteiger partial charge in [-0.2, -0.15) is 0 Å². The van der Waals surface area contributed by atoms with Gasteiger partial charge in [0.05, 0.1) is 18.3 Å². The van der Waals surface area contributed by atoms with Crippen LogP contribution >= 0.6 is 0 Å². The van der Waals surface area contributed by atoms with Crippen molar-refractivity contribution in [3.05, 3.63) is 47.8 Å². The van der Waals surface area contributed by atoms with Gasteiger partial charge in [-0.1, -0.05) is 18.2 Å². The molecule has 2 N–H and O–H groups in total. The third-order valence-electron chi connectivity index (χ3n) is 7.89. The smallest absolute Gasteiger partial charge is 0.411 e. The normalized spacial score (nSPS) is 26.7. The third kappa shape index (κ3) is 5.94. The number of sulfonamides is 1. The number of hydrogen-bond acceptors (Lipinski definition) is 8. The number of amides is 4. The Balaban J connectivity index is 1.30. The van der Waals surface area contributed by atoms with Crippen LogP contribution in [-0.2, 0) is 42.2 Å². The molecule has 2 aliphatic carbocycles. The molecule has 0 bridgehead atoms. The standard InChI is InChI=1S/C28H35FN4O8S/c1-5-17-12-28(17,24(35)31-42(38,39)19-9-10-19)30-23(34)22-11-18(14-33(22)26(37)41-27(2,3)4)40-25(36)32-13-16-7-6-8-21(29)20(16)15-32/h5-8,17-19,22H,1,9-15H2,2-4H3,(H,30,34)(H,31,35)/t17-,18-,22+,28-/m1/s1. The summed E-state index contributed by atoms with van der Waals surface area (Å²) in [6.45, 7) is 8.70.